The van der Waals surface area contributed by atoms with E-state index in [4.69, 9.17) is 9.47 Å². The van der Waals surface area contributed by atoms with Gasteiger partial charge in [0.15, 0.2) is 6.04 Å². The number of hydrogen-bond donors (Lipinski definition) is 0. The van der Waals surface area contributed by atoms with Gasteiger partial charge in [-0.1, -0.05) is 35.9 Å². The summed E-state index contributed by atoms with van der Waals surface area (Å²) in [4.78, 5) is 26.3. The molecule has 0 N–H and O–H groups in total. The molecule has 0 aliphatic carbocycles. The highest BCUT2D eigenvalue weighted by atomic mass is 32.2. The van der Waals surface area contributed by atoms with Crippen LogP contribution >= 0.6 is 11.8 Å². The lowest BCUT2D eigenvalue weighted by Gasteiger charge is -2.31. The maximum absolute atomic E-state index is 13.5. The van der Waals surface area contributed by atoms with Gasteiger partial charge in [-0.2, -0.15) is 4.31 Å². The monoisotopic (exact) mass is 465 g/mol. The number of carbonyl (C=O) groups excluding carboxylic acids is 2. The molecule has 0 spiro atoms. The molecule has 0 aliphatic heterocycles. The predicted molar refractivity (Wildman–Crippen MR) is 119 cm³/mol. The lowest BCUT2D eigenvalue weighted by Crippen LogP contribution is -2.51. The van der Waals surface area contributed by atoms with Crippen LogP contribution in [0.3, 0.4) is 0 Å². The summed E-state index contributed by atoms with van der Waals surface area (Å²) in [7, 11) is -3.26. The molecule has 1 atom stereocenters. The molecule has 168 valence electrons. The van der Waals surface area contributed by atoms with Gasteiger partial charge in [0.25, 0.3) is 10.0 Å². The minimum absolute atomic E-state index is 0.0407. The molecule has 0 fully saturated rings. The Morgan fingerprint density at radius 3 is 2.13 bits per heavy atom. The van der Waals surface area contributed by atoms with Crippen LogP contribution in [-0.2, 0) is 24.3 Å². The smallest absolute Gasteiger partial charge is 0.425 e. The van der Waals surface area contributed by atoms with Crippen LogP contribution in [0.2, 0.25) is 0 Å². The predicted octanol–water partition coefficient (Wildman–Crippen LogP) is 4.25. The third kappa shape index (κ3) is 6.73. The van der Waals surface area contributed by atoms with E-state index in [1.54, 1.807) is 32.9 Å². The highest BCUT2D eigenvalue weighted by molar-refractivity contribution is 7.99. The maximum Gasteiger partial charge on any atom is 0.425 e. The Labute approximate surface area is 187 Å². The number of hydrogen-bond acceptors (Lipinski definition) is 7. The topological polar surface area (TPSA) is 90.0 Å². The van der Waals surface area contributed by atoms with Crippen molar-refractivity contribution in [2.45, 2.75) is 49.1 Å². The Balaban J connectivity index is 2.51. The summed E-state index contributed by atoms with van der Waals surface area (Å²) in [5.74, 6) is -0.897. The first kappa shape index (κ1) is 24.7. The summed E-state index contributed by atoms with van der Waals surface area (Å²) in [6.45, 7) is 6.67. The quantitative estimate of drug-likeness (QED) is 0.446. The molecule has 9 heteroatoms. The van der Waals surface area contributed by atoms with Crippen molar-refractivity contribution in [2.24, 2.45) is 0 Å². The Bertz CT molecular complexity index is 999. The number of aryl methyl sites for hydroxylation is 1. The van der Waals surface area contributed by atoms with Crippen LogP contribution < -0.4 is 0 Å². The molecule has 1 amide bonds. The highest BCUT2D eigenvalue weighted by Gasteiger charge is 2.42. The second kappa shape index (κ2) is 10.2. The van der Waals surface area contributed by atoms with Crippen molar-refractivity contribution in [1.29, 1.82) is 0 Å². The van der Waals surface area contributed by atoms with Crippen LogP contribution in [0.15, 0.2) is 64.4 Å². The van der Waals surface area contributed by atoms with Crippen molar-refractivity contribution >= 4 is 33.8 Å². The van der Waals surface area contributed by atoms with E-state index in [1.165, 1.54) is 23.9 Å². The summed E-state index contributed by atoms with van der Waals surface area (Å²) < 4.78 is 37.6. The van der Waals surface area contributed by atoms with Crippen molar-refractivity contribution in [2.75, 3.05) is 12.9 Å². The number of methoxy groups -OCH3 is 1. The summed E-state index contributed by atoms with van der Waals surface area (Å²) in [5.41, 5.74) is -0.113. The molecular formula is C22H27NO6S2. The van der Waals surface area contributed by atoms with Crippen molar-refractivity contribution in [3.63, 3.8) is 0 Å². The van der Waals surface area contributed by atoms with E-state index in [1.807, 2.05) is 37.3 Å². The van der Waals surface area contributed by atoms with E-state index < -0.39 is 33.7 Å². The summed E-state index contributed by atoms with van der Waals surface area (Å²) in [6.07, 6.45) is -1.14. The zero-order chi connectivity index (χ0) is 23.2. The fraction of sp³-hybridized carbons (Fsp3) is 0.364. The summed E-state index contributed by atoms with van der Waals surface area (Å²) >= 11 is 1.23. The number of carbonyl (C=O) groups is 2. The summed E-state index contributed by atoms with van der Waals surface area (Å²) in [6, 6.07) is 13.7. The van der Waals surface area contributed by atoms with Crippen LogP contribution in [-0.4, -0.2) is 49.3 Å². The Kier molecular flexibility index (Phi) is 8.14. The number of nitrogens with zero attached hydrogens (tertiary/aromatic N) is 1. The average molecular weight is 466 g/mol. The SMILES string of the molecule is COC(=O)[C@H](CSc1ccccc1)N(C(=O)OC(C)(C)C)S(=O)(=O)c1ccc(C)cc1. The number of amides is 1. The van der Waals surface area contributed by atoms with Crippen LogP contribution in [0.5, 0.6) is 0 Å². The highest BCUT2D eigenvalue weighted by Crippen LogP contribution is 2.27. The molecule has 2 aromatic rings. The standard InChI is InChI=1S/C22H27NO6S2/c1-16-11-13-18(14-12-16)31(26,27)23(21(25)29-22(2,3)4)19(20(24)28-5)15-30-17-9-7-6-8-10-17/h6-14,19H,15H2,1-5H3/t19-/m0/s1. The number of ether oxygens (including phenoxy) is 2. The minimum Gasteiger partial charge on any atom is -0.467 e. The molecule has 2 aromatic carbocycles. The van der Waals surface area contributed by atoms with Crippen molar-refractivity contribution in [3.05, 3.63) is 60.2 Å². The molecule has 31 heavy (non-hydrogen) atoms. The van der Waals surface area contributed by atoms with Gasteiger partial charge in [-0.25, -0.2) is 18.0 Å². The summed E-state index contributed by atoms with van der Waals surface area (Å²) in [5, 5.41) is 0. The van der Waals surface area contributed by atoms with Crippen LogP contribution in [0.25, 0.3) is 0 Å². The molecule has 2 rings (SSSR count). The molecular weight excluding hydrogens is 438 g/mol. The van der Waals surface area contributed by atoms with Crippen molar-refractivity contribution in [3.8, 4) is 0 Å². The second-order valence-corrected chi connectivity index (χ2v) is 10.7. The van der Waals surface area contributed by atoms with Gasteiger partial charge >= 0.3 is 12.1 Å². The molecule has 0 unspecified atom stereocenters. The number of benzene rings is 2. The first-order chi connectivity index (χ1) is 14.5. The van der Waals surface area contributed by atoms with E-state index in [0.29, 0.717) is 4.31 Å². The van der Waals surface area contributed by atoms with E-state index >= 15 is 0 Å². The number of sulfonamides is 1. The van der Waals surface area contributed by atoms with E-state index in [0.717, 1.165) is 17.6 Å². The molecule has 0 saturated carbocycles. The van der Waals surface area contributed by atoms with Gasteiger partial charge in [0.05, 0.1) is 12.0 Å². The molecule has 0 aromatic heterocycles. The van der Waals surface area contributed by atoms with Crippen LogP contribution in [0.1, 0.15) is 26.3 Å². The minimum atomic E-state index is -4.40. The van der Waals surface area contributed by atoms with E-state index in [9.17, 15) is 18.0 Å². The second-order valence-electron chi connectivity index (χ2n) is 7.76. The number of esters is 1. The third-order valence-corrected chi connectivity index (χ3v) is 6.94. The van der Waals surface area contributed by atoms with Gasteiger partial charge in [-0.3, -0.25) is 0 Å². The molecule has 0 bridgehead atoms. The molecule has 0 aliphatic rings. The average Bonchev–Trinajstić information content (AvgIpc) is 2.70. The molecule has 0 radical (unpaired) electrons. The third-order valence-electron chi connectivity index (χ3n) is 4.06. The number of thioether (sulfide) groups is 1. The van der Waals surface area contributed by atoms with Gasteiger partial charge in [0.2, 0.25) is 0 Å². The molecule has 7 nitrogen and oxygen atoms in total. The molecule has 0 heterocycles. The maximum atomic E-state index is 13.5. The van der Waals surface area contributed by atoms with E-state index in [2.05, 4.69) is 0 Å². The van der Waals surface area contributed by atoms with Crippen molar-refractivity contribution < 1.29 is 27.5 Å². The van der Waals surface area contributed by atoms with Crippen LogP contribution in [0.4, 0.5) is 4.79 Å². The van der Waals surface area contributed by atoms with Gasteiger partial charge in [0.1, 0.15) is 5.60 Å². The lowest BCUT2D eigenvalue weighted by atomic mass is 10.2. The Hall–Kier alpha value is -2.52. The normalized spacial score (nSPS) is 12.7. The van der Waals surface area contributed by atoms with Crippen molar-refractivity contribution in [1.82, 2.24) is 4.31 Å². The Morgan fingerprint density at radius 1 is 1.03 bits per heavy atom. The first-order valence-corrected chi connectivity index (χ1v) is 12.0. The van der Waals surface area contributed by atoms with Gasteiger partial charge < -0.3 is 9.47 Å². The fourth-order valence-electron chi connectivity index (χ4n) is 2.58. The van der Waals surface area contributed by atoms with Gasteiger partial charge in [-0.15, -0.1) is 11.8 Å². The van der Waals surface area contributed by atoms with Gasteiger partial charge in [0, 0.05) is 10.6 Å². The first-order valence-electron chi connectivity index (χ1n) is 9.55. The number of rotatable bonds is 7. The fourth-order valence-corrected chi connectivity index (χ4v) is 5.10. The van der Waals surface area contributed by atoms with Crippen LogP contribution in [0, 0.1) is 6.92 Å². The van der Waals surface area contributed by atoms with Gasteiger partial charge in [-0.05, 0) is 52.0 Å². The lowest BCUT2D eigenvalue weighted by molar-refractivity contribution is -0.144. The molecule has 0 saturated heterocycles. The van der Waals surface area contributed by atoms with E-state index in [-0.39, 0.29) is 10.6 Å². The zero-order valence-corrected chi connectivity index (χ0v) is 19.8. The largest absolute Gasteiger partial charge is 0.467 e. The Morgan fingerprint density at radius 2 is 1.61 bits per heavy atom. The zero-order valence-electron chi connectivity index (χ0n) is 18.2.